The van der Waals surface area contributed by atoms with Crippen LogP contribution in [0.25, 0.3) is 0 Å². The third-order valence-electron chi connectivity index (χ3n) is 1.57. The second-order valence-electron chi connectivity index (χ2n) is 2.67. The molecular weight excluding hydrogens is 128 g/mol. The molecule has 1 aliphatic rings. The molecule has 0 saturated carbocycles. The van der Waals surface area contributed by atoms with Crippen molar-refractivity contribution in [2.75, 3.05) is 6.61 Å². The summed E-state index contributed by atoms with van der Waals surface area (Å²) in [6.07, 6.45) is 5.87. The van der Waals surface area contributed by atoms with E-state index in [1.165, 1.54) is 0 Å². The molecule has 5 N–H and O–H groups in total. The molecule has 1 rings (SSSR count). The molecule has 0 aliphatic heterocycles. The van der Waals surface area contributed by atoms with Crippen molar-refractivity contribution in [1.82, 2.24) is 0 Å². The van der Waals surface area contributed by atoms with Gasteiger partial charge in [0.1, 0.15) is 0 Å². The van der Waals surface area contributed by atoms with Crippen molar-refractivity contribution in [2.45, 2.75) is 12.0 Å². The summed E-state index contributed by atoms with van der Waals surface area (Å²) in [6, 6.07) is 0. The molecule has 0 amide bonds. The molecule has 0 spiro atoms. The van der Waals surface area contributed by atoms with Gasteiger partial charge in [0, 0.05) is 12.1 Å². The van der Waals surface area contributed by atoms with Crippen molar-refractivity contribution in [1.29, 1.82) is 0 Å². The Bertz CT molecular complexity index is 186. The normalized spacial score (nSPS) is 32.0. The van der Waals surface area contributed by atoms with Crippen molar-refractivity contribution >= 4 is 0 Å². The van der Waals surface area contributed by atoms with Gasteiger partial charge in [-0.1, -0.05) is 12.2 Å². The highest BCUT2D eigenvalue weighted by Gasteiger charge is 2.22. The van der Waals surface area contributed by atoms with Gasteiger partial charge in [-0.25, -0.2) is 0 Å². The molecule has 0 aromatic heterocycles. The van der Waals surface area contributed by atoms with Gasteiger partial charge >= 0.3 is 0 Å². The van der Waals surface area contributed by atoms with Crippen LogP contribution in [0.5, 0.6) is 0 Å². The maximum atomic E-state index is 8.81. The lowest BCUT2D eigenvalue weighted by molar-refractivity contribution is 0.225. The first-order valence-corrected chi connectivity index (χ1v) is 3.20. The highest BCUT2D eigenvalue weighted by molar-refractivity contribution is 5.24. The third kappa shape index (κ3) is 1.37. The number of rotatable bonds is 1. The van der Waals surface area contributed by atoms with Crippen LogP contribution in [-0.2, 0) is 0 Å². The smallest absolute Gasteiger partial charge is 0.0651 e. The number of hydrogen-bond acceptors (Lipinski definition) is 3. The van der Waals surface area contributed by atoms with Gasteiger partial charge in [-0.3, -0.25) is 0 Å². The molecule has 0 saturated heterocycles. The Morgan fingerprint density at radius 2 is 2.40 bits per heavy atom. The van der Waals surface area contributed by atoms with E-state index in [4.69, 9.17) is 16.6 Å². The van der Waals surface area contributed by atoms with Gasteiger partial charge in [0.2, 0.25) is 0 Å². The minimum atomic E-state index is -0.626. The number of aliphatic hydroxyl groups excluding tert-OH is 1. The van der Waals surface area contributed by atoms with Gasteiger partial charge in [-0.15, -0.1) is 0 Å². The van der Waals surface area contributed by atoms with Crippen molar-refractivity contribution in [3.63, 3.8) is 0 Å². The molecule has 0 radical (unpaired) electrons. The topological polar surface area (TPSA) is 72.3 Å². The molecule has 1 atom stereocenters. The van der Waals surface area contributed by atoms with Gasteiger partial charge in [-0.2, -0.15) is 0 Å². The molecule has 0 aromatic carbocycles. The lowest BCUT2D eigenvalue weighted by Crippen LogP contribution is -2.43. The molecule has 3 nitrogen and oxygen atoms in total. The van der Waals surface area contributed by atoms with E-state index in [0.717, 1.165) is 5.70 Å². The van der Waals surface area contributed by atoms with Crippen molar-refractivity contribution < 1.29 is 5.11 Å². The molecule has 1 aliphatic carbocycles. The van der Waals surface area contributed by atoms with Crippen LogP contribution < -0.4 is 11.5 Å². The summed E-state index contributed by atoms with van der Waals surface area (Å²) < 4.78 is 0. The molecule has 0 aromatic rings. The highest BCUT2D eigenvalue weighted by Crippen LogP contribution is 2.16. The third-order valence-corrected chi connectivity index (χ3v) is 1.57. The highest BCUT2D eigenvalue weighted by atomic mass is 16.3. The first-order valence-electron chi connectivity index (χ1n) is 3.20. The van der Waals surface area contributed by atoms with Gasteiger partial charge in [0.05, 0.1) is 12.1 Å². The Hall–Kier alpha value is -0.800. The summed E-state index contributed by atoms with van der Waals surface area (Å²) >= 11 is 0. The van der Waals surface area contributed by atoms with Gasteiger partial charge in [0.15, 0.2) is 0 Å². The molecule has 1 unspecified atom stereocenters. The standard InChI is InChI=1S/C7H12N2O/c8-6-2-1-3-7(9,4-6)5-10/h1-3,10H,4-5,8-9H2. The van der Waals surface area contributed by atoms with E-state index in [1.807, 2.05) is 0 Å². The summed E-state index contributed by atoms with van der Waals surface area (Å²) in [5, 5.41) is 8.81. The van der Waals surface area contributed by atoms with Gasteiger partial charge in [0.25, 0.3) is 0 Å². The number of hydrogen-bond donors (Lipinski definition) is 3. The molecular formula is C7H12N2O. The lowest BCUT2D eigenvalue weighted by Gasteiger charge is -2.25. The predicted octanol–water partition coefficient (Wildman–Crippen LogP) is -0.521. The lowest BCUT2D eigenvalue weighted by atomic mass is 9.92. The minimum Gasteiger partial charge on any atom is -0.402 e. The van der Waals surface area contributed by atoms with E-state index in [0.29, 0.717) is 6.42 Å². The second kappa shape index (κ2) is 2.44. The van der Waals surface area contributed by atoms with E-state index in [-0.39, 0.29) is 6.61 Å². The zero-order valence-corrected chi connectivity index (χ0v) is 5.75. The van der Waals surface area contributed by atoms with Gasteiger partial charge < -0.3 is 16.6 Å². The fraction of sp³-hybridized carbons (Fsp3) is 0.429. The van der Waals surface area contributed by atoms with Crippen LogP contribution in [0.15, 0.2) is 23.9 Å². The quantitative estimate of drug-likeness (QED) is 0.459. The molecule has 0 fully saturated rings. The number of aliphatic hydroxyl groups is 1. The van der Waals surface area contributed by atoms with Crippen LogP contribution in [0.3, 0.4) is 0 Å². The van der Waals surface area contributed by atoms with Crippen LogP contribution in [-0.4, -0.2) is 17.3 Å². The first-order chi connectivity index (χ1) is 4.66. The largest absolute Gasteiger partial charge is 0.402 e. The molecule has 0 bridgehead atoms. The minimum absolute atomic E-state index is 0.0575. The van der Waals surface area contributed by atoms with Crippen LogP contribution in [0.1, 0.15) is 6.42 Å². The Morgan fingerprint density at radius 3 is 2.80 bits per heavy atom. The second-order valence-corrected chi connectivity index (χ2v) is 2.67. The van der Waals surface area contributed by atoms with Gasteiger partial charge in [-0.05, 0) is 6.08 Å². The fourth-order valence-electron chi connectivity index (χ4n) is 0.970. The van der Waals surface area contributed by atoms with Crippen molar-refractivity contribution in [3.05, 3.63) is 23.9 Å². The van der Waals surface area contributed by atoms with Crippen LogP contribution in [0.4, 0.5) is 0 Å². The number of allylic oxidation sites excluding steroid dienone is 2. The summed E-state index contributed by atoms with van der Waals surface area (Å²) in [5.41, 5.74) is 11.3. The van der Waals surface area contributed by atoms with E-state index < -0.39 is 5.54 Å². The Balaban J connectivity index is 2.71. The van der Waals surface area contributed by atoms with E-state index >= 15 is 0 Å². The van der Waals surface area contributed by atoms with Crippen LogP contribution in [0.2, 0.25) is 0 Å². The van der Waals surface area contributed by atoms with E-state index in [1.54, 1.807) is 18.2 Å². The fourth-order valence-corrected chi connectivity index (χ4v) is 0.970. The monoisotopic (exact) mass is 140 g/mol. The molecule has 56 valence electrons. The Kier molecular flexibility index (Phi) is 1.78. The predicted molar refractivity (Wildman–Crippen MR) is 40.0 cm³/mol. The Labute approximate surface area is 60.0 Å². The maximum Gasteiger partial charge on any atom is 0.0651 e. The SMILES string of the molecule is NC1=CC=CC(N)(CO)C1. The van der Waals surface area contributed by atoms with Crippen LogP contribution in [0, 0.1) is 0 Å². The molecule has 0 heterocycles. The molecule has 3 heteroatoms. The summed E-state index contributed by atoms with van der Waals surface area (Å²) in [7, 11) is 0. The average Bonchev–Trinajstić information content (AvgIpc) is 1.88. The summed E-state index contributed by atoms with van der Waals surface area (Å²) in [4.78, 5) is 0. The number of nitrogens with two attached hydrogens (primary N) is 2. The summed E-state index contributed by atoms with van der Waals surface area (Å²) in [6.45, 7) is -0.0575. The maximum absolute atomic E-state index is 8.81. The van der Waals surface area contributed by atoms with Crippen molar-refractivity contribution in [3.8, 4) is 0 Å². The zero-order chi connectivity index (χ0) is 7.61. The zero-order valence-electron chi connectivity index (χ0n) is 5.75. The first kappa shape index (κ1) is 7.31. The van der Waals surface area contributed by atoms with Crippen molar-refractivity contribution in [2.24, 2.45) is 11.5 Å². The molecule has 10 heavy (non-hydrogen) atoms. The van der Waals surface area contributed by atoms with E-state index in [9.17, 15) is 0 Å². The average molecular weight is 140 g/mol. The van der Waals surface area contributed by atoms with E-state index in [2.05, 4.69) is 0 Å². The summed E-state index contributed by atoms with van der Waals surface area (Å²) in [5.74, 6) is 0. The van der Waals surface area contributed by atoms with Crippen LogP contribution >= 0.6 is 0 Å². The Morgan fingerprint density at radius 1 is 1.70 bits per heavy atom.